The van der Waals surface area contributed by atoms with Crippen molar-refractivity contribution in [3.05, 3.63) is 11.7 Å². The Balaban J connectivity index is 2.28. The highest BCUT2D eigenvalue weighted by Gasteiger charge is 2.09. The second kappa shape index (κ2) is 5.45. The largest absolute Gasteiger partial charge is 0.347 e. The standard InChI is InChI=1S/C9H16N4O2/c1-6(4-10)3-8(14)11-5-9-12-7(2)13-15-9/h6H,3-5,10H2,1-2H3,(H,11,14). The minimum atomic E-state index is -0.0520. The average Bonchev–Trinajstić information content (AvgIpc) is 2.61. The molecule has 1 heterocycles. The van der Waals surface area contributed by atoms with Gasteiger partial charge in [0, 0.05) is 6.42 Å². The van der Waals surface area contributed by atoms with Crippen LogP contribution in [0.25, 0.3) is 0 Å². The summed E-state index contributed by atoms with van der Waals surface area (Å²) in [6, 6.07) is 0. The highest BCUT2D eigenvalue weighted by atomic mass is 16.5. The second-order valence-electron chi connectivity index (χ2n) is 3.56. The third-order valence-electron chi connectivity index (χ3n) is 1.94. The summed E-state index contributed by atoms with van der Waals surface area (Å²) in [5.41, 5.74) is 5.41. The van der Waals surface area contributed by atoms with Crippen LogP contribution in [0, 0.1) is 12.8 Å². The van der Waals surface area contributed by atoms with E-state index in [1.54, 1.807) is 6.92 Å². The van der Waals surface area contributed by atoms with Gasteiger partial charge >= 0.3 is 0 Å². The fourth-order valence-corrected chi connectivity index (χ4v) is 1.06. The molecule has 0 bridgehead atoms. The quantitative estimate of drug-likeness (QED) is 0.715. The molecule has 0 saturated heterocycles. The zero-order valence-electron chi connectivity index (χ0n) is 8.99. The highest BCUT2D eigenvalue weighted by Crippen LogP contribution is 1.99. The van der Waals surface area contributed by atoms with Crippen LogP contribution in [0.5, 0.6) is 0 Å². The summed E-state index contributed by atoms with van der Waals surface area (Å²) in [6.07, 6.45) is 0.420. The molecule has 0 aliphatic heterocycles. The molecule has 15 heavy (non-hydrogen) atoms. The number of carbonyl (C=O) groups excluding carboxylic acids is 1. The summed E-state index contributed by atoms with van der Waals surface area (Å²) in [5, 5.41) is 6.30. The van der Waals surface area contributed by atoms with E-state index in [4.69, 9.17) is 10.3 Å². The van der Waals surface area contributed by atoms with E-state index in [1.165, 1.54) is 0 Å². The number of nitrogens with zero attached hydrogens (tertiary/aromatic N) is 2. The molecule has 1 aromatic rings. The predicted molar refractivity (Wildman–Crippen MR) is 53.7 cm³/mol. The van der Waals surface area contributed by atoms with Gasteiger partial charge in [0.2, 0.25) is 11.8 Å². The molecule has 1 unspecified atom stereocenters. The van der Waals surface area contributed by atoms with Gasteiger partial charge in [-0.2, -0.15) is 4.98 Å². The van der Waals surface area contributed by atoms with Crippen molar-refractivity contribution >= 4 is 5.91 Å². The highest BCUT2D eigenvalue weighted by molar-refractivity contribution is 5.75. The summed E-state index contributed by atoms with van der Waals surface area (Å²) in [7, 11) is 0. The Bertz CT molecular complexity index is 324. The van der Waals surface area contributed by atoms with Crippen LogP contribution >= 0.6 is 0 Å². The van der Waals surface area contributed by atoms with Gasteiger partial charge in [0.05, 0.1) is 6.54 Å². The van der Waals surface area contributed by atoms with Crippen LogP contribution in [0.4, 0.5) is 0 Å². The summed E-state index contributed by atoms with van der Waals surface area (Å²) in [5.74, 6) is 1.12. The van der Waals surface area contributed by atoms with Crippen LogP contribution in [0.1, 0.15) is 25.1 Å². The number of amides is 1. The smallest absolute Gasteiger partial charge is 0.246 e. The number of aromatic nitrogens is 2. The van der Waals surface area contributed by atoms with Gasteiger partial charge in [-0.05, 0) is 19.4 Å². The fourth-order valence-electron chi connectivity index (χ4n) is 1.06. The van der Waals surface area contributed by atoms with Gasteiger partial charge in [-0.1, -0.05) is 12.1 Å². The van der Waals surface area contributed by atoms with E-state index >= 15 is 0 Å². The number of rotatable bonds is 5. The molecule has 6 heteroatoms. The van der Waals surface area contributed by atoms with Crippen molar-refractivity contribution in [2.24, 2.45) is 11.7 Å². The van der Waals surface area contributed by atoms with Crippen molar-refractivity contribution < 1.29 is 9.32 Å². The van der Waals surface area contributed by atoms with Crippen LogP contribution in [-0.2, 0) is 11.3 Å². The van der Waals surface area contributed by atoms with Crippen LogP contribution < -0.4 is 11.1 Å². The van der Waals surface area contributed by atoms with Gasteiger partial charge in [-0.15, -0.1) is 0 Å². The molecular formula is C9H16N4O2. The third kappa shape index (κ3) is 4.07. The molecule has 1 amide bonds. The first-order valence-corrected chi connectivity index (χ1v) is 4.87. The average molecular weight is 212 g/mol. The lowest BCUT2D eigenvalue weighted by molar-refractivity contribution is -0.122. The van der Waals surface area contributed by atoms with Gasteiger partial charge in [0.15, 0.2) is 5.82 Å². The van der Waals surface area contributed by atoms with E-state index in [2.05, 4.69) is 15.5 Å². The molecule has 0 radical (unpaired) electrons. The molecule has 1 atom stereocenters. The number of carbonyl (C=O) groups is 1. The Morgan fingerprint density at radius 3 is 2.93 bits per heavy atom. The maximum absolute atomic E-state index is 11.3. The Hall–Kier alpha value is -1.43. The van der Waals surface area contributed by atoms with Gasteiger partial charge in [-0.25, -0.2) is 0 Å². The Labute approximate surface area is 88.2 Å². The Kier molecular flexibility index (Phi) is 4.23. The van der Waals surface area contributed by atoms with E-state index in [0.717, 1.165) is 0 Å². The van der Waals surface area contributed by atoms with E-state index in [0.29, 0.717) is 24.7 Å². The number of hydrogen-bond acceptors (Lipinski definition) is 5. The molecule has 0 spiro atoms. The first-order valence-electron chi connectivity index (χ1n) is 4.87. The maximum atomic E-state index is 11.3. The molecule has 1 aromatic heterocycles. The summed E-state index contributed by atoms with van der Waals surface area (Å²) < 4.78 is 4.85. The minimum absolute atomic E-state index is 0.0520. The second-order valence-corrected chi connectivity index (χ2v) is 3.56. The van der Waals surface area contributed by atoms with Gasteiger partial charge < -0.3 is 15.6 Å². The lowest BCUT2D eigenvalue weighted by Crippen LogP contribution is -2.26. The fraction of sp³-hybridized carbons (Fsp3) is 0.667. The van der Waals surface area contributed by atoms with E-state index in [1.807, 2.05) is 6.92 Å². The summed E-state index contributed by atoms with van der Waals surface area (Å²) in [4.78, 5) is 15.3. The summed E-state index contributed by atoms with van der Waals surface area (Å²) >= 11 is 0. The number of hydrogen-bond donors (Lipinski definition) is 2. The topological polar surface area (TPSA) is 94.0 Å². The Morgan fingerprint density at radius 2 is 2.40 bits per heavy atom. The van der Waals surface area contributed by atoms with E-state index in [9.17, 15) is 4.79 Å². The lowest BCUT2D eigenvalue weighted by atomic mass is 10.1. The first kappa shape index (κ1) is 11.6. The van der Waals surface area contributed by atoms with Crippen molar-refractivity contribution in [2.45, 2.75) is 26.8 Å². The zero-order chi connectivity index (χ0) is 11.3. The van der Waals surface area contributed by atoms with Crippen LogP contribution in [0.2, 0.25) is 0 Å². The number of nitrogens with two attached hydrogens (primary N) is 1. The van der Waals surface area contributed by atoms with Crippen LogP contribution in [-0.4, -0.2) is 22.6 Å². The van der Waals surface area contributed by atoms with Crippen LogP contribution in [0.15, 0.2) is 4.52 Å². The predicted octanol–water partition coefficient (Wildman–Crippen LogP) is -0.0209. The normalized spacial score (nSPS) is 12.5. The number of aryl methyl sites for hydroxylation is 1. The number of nitrogens with one attached hydrogen (secondary N) is 1. The van der Waals surface area contributed by atoms with Crippen molar-refractivity contribution in [3.8, 4) is 0 Å². The molecule has 84 valence electrons. The third-order valence-corrected chi connectivity index (χ3v) is 1.94. The van der Waals surface area contributed by atoms with Gasteiger partial charge in [-0.3, -0.25) is 4.79 Å². The first-order chi connectivity index (χ1) is 7.11. The van der Waals surface area contributed by atoms with E-state index in [-0.39, 0.29) is 18.4 Å². The molecular weight excluding hydrogens is 196 g/mol. The molecule has 3 N–H and O–H groups in total. The Morgan fingerprint density at radius 1 is 1.67 bits per heavy atom. The van der Waals surface area contributed by atoms with Gasteiger partial charge in [0.1, 0.15) is 0 Å². The molecule has 1 rings (SSSR count). The van der Waals surface area contributed by atoms with Crippen molar-refractivity contribution in [1.29, 1.82) is 0 Å². The SMILES string of the molecule is Cc1noc(CNC(=O)CC(C)CN)n1. The summed E-state index contributed by atoms with van der Waals surface area (Å²) in [6.45, 7) is 4.44. The molecule has 0 aliphatic rings. The minimum Gasteiger partial charge on any atom is -0.347 e. The maximum Gasteiger partial charge on any atom is 0.246 e. The van der Waals surface area contributed by atoms with Crippen molar-refractivity contribution in [1.82, 2.24) is 15.5 Å². The zero-order valence-corrected chi connectivity index (χ0v) is 8.99. The van der Waals surface area contributed by atoms with Crippen molar-refractivity contribution in [3.63, 3.8) is 0 Å². The molecule has 6 nitrogen and oxygen atoms in total. The lowest BCUT2D eigenvalue weighted by Gasteiger charge is -2.07. The van der Waals surface area contributed by atoms with Gasteiger partial charge in [0.25, 0.3) is 0 Å². The molecule has 0 saturated carbocycles. The van der Waals surface area contributed by atoms with E-state index < -0.39 is 0 Å². The molecule has 0 fully saturated rings. The van der Waals surface area contributed by atoms with Crippen molar-refractivity contribution in [2.75, 3.05) is 6.54 Å². The monoisotopic (exact) mass is 212 g/mol. The van der Waals surface area contributed by atoms with Crippen LogP contribution in [0.3, 0.4) is 0 Å². The molecule has 0 aliphatic carbocycles. The molecule has 0 aromatic carbocycles.